The maximum atomic E-state index is 11.5. The molecule has 1 fully saturated rings. The number of aliphatic hydroxyl groups is 1. The fraction of sp³-hybridized carbons (Fsp3) is 0.556. The van der Waals surface area contributed by atoms with Gasteiger partial charge >= 0.3 is 0 Å². The van der Waals surface area contributed by atoms with Crippen LogP contribution in [0.2, 0.25) is 5.02 Å². The fourth-order valence-corrected chi connectivity index (χ4v) is 1.90. The summed E-state index contributed by atoms with van der Waals surface area (Å²) in [5.74, 6) is 0.283. The maximum absolute atomic E-state index is 11.5. The van der Waals surface area contributed by atoms with Gasteiger partial charge in [0.05, 0.1) is 11.9 Å². The average molecular weight is 230 g/mol. The predicted molar refractivity (Wildman–Crippen MR) is 57.3 cm³/mol. The Bertz CT molecular complexity index is 426. The van der Waals surface area contributed by atoms with Gasteiger partial charge in [-0.1, -0.05) is 11.6 Å². The Balaban J connectivity index is 2.24. The van der Waals surface area contributed by atoms with E-state index in [2.05, 4.69) is 5.10 Å². The monoisotopic (exact) mass is 229 g/mol. The molecule has 0 aromatic carbocycles. The highest BCUT2D eigenvalue weighted by molar-refractivity contribution is 6.33. The lowest BCUT2D eigenvalue weighted by Gasteiger charge is -2.40. The van der Waals surface area contributed by atoms with Crippen LogP contribution in [0.15, 0.2) is 11.0 Å². The van der Waals surface area contributed by atoms with Gasteiger partial charge in [-0.2, -0.15) is 5.10 Å². The Labute approximate surface area is 91.9 Å². The third-order valence-corrected chi connectivity index (χ3v) is 2.97. The number of hydrogen-bond acceptors (Lipinski definition) is 4. The summed E-state index contributed by atoms with van der Waals surface area (Å²) in [6.45, 7) is 1.63. The molecule has 1 aliphatic rings. The van der Waals surface area contributed by atoms with Gasteiger partial charge < -0.3 is 10.0 Å². The van der Waals surface area contributed by atoms with Crippen LogP contribution in [0.25, 0.3) is 0 Å². The summed E-state index contributed by atoms with van der Waals surface area (Å²) in [7, 11) is 1.56. The normalized spacial score (nSPS) is 16.6. The van der Waals surface area contributed by atoms with Crippen molar-refractivity contribution >= 4 is 17.3 Å². The summed E-state index contributed by atoms with van der Waals surface area (Å²) in [6, 6.07) is 0. The number of rotatable bonds is 2. The Hall–Kier alpha value is -1.07. The first-order valence-corrected chi connectivity index (χ1v) is 5.09. The van der Waals surface area contributed by atoms with Gasteiger partial charge in [-0.05, 0) is 0 Å². The van der Waals surface area contributed by atoms with Gasteiger partial charge in [0.2, 0.25) is 0 Å². The summed E-state index contributed by atoms with van der Waals surface area (Å²) in [4.78, 5) is 13.4. The van der Waals surface area contributed by atoms with Crippen LogP contribution in [0.4, 0.5) is 5.69 Å². The zero-order valence-electron chi connectivity index (χ0n) is 8.35. The molecule has 1 aliphatic heterocycles. The SMILES string of the molecule is Cn1ncc(N2CC(CO)C2)c(Cl)c1=O. The number of aryl methyl sites for hydroxylation is 1. The molecule has 6 heteroatoms. The first-order valence-electron chi connectivity index (χ1n) is 4.71. The van der Waals surface area contributed by atoms with Gasteiger partial charge in [-0.25, -0.2) is 4.68 Å². The van der Waals surface area contributed by atoms with E-state index in [1.54, 1.807) is 13.2 Å². The van der Waals surface area contributed by atoms with Crippen molar-refractivity contribution in [3.8, 4) is 0 Å². The molecule has 0 radical (unpaired) electrons. The standard InChI is InChI=1S/C9H12ClN3O2/c1-12-9(15)8(10)7(2-11-12)13-3-6(4-13)5-14/h2,6,14H,3-5H2,1H3. The van der Waals surface area contributed by atoms with E-state index >= 15 is 0 Å². The van der Waals surface area contributed by atoms with Crippen molar-refractivity contribution in [1.29, 1.82) is 0 Å². The zero-order chi connectivity index (χ0) is 11.0. The van der Waals surface area contributed by atoms with Crippen molar-refractivity contribution in [2.24, 2.45) is 13.0 Å². The summed E-state index contributed by atoms with van der Waals surface area (Å²) >= 11 is 5.92. The number of nitrogens with zero attached hydrogens (tertiary/aromatic N) is 3. The summed E-state index contributed by atoms with van der Waals surface area (Å²) < 4.78 is 1.20. The Morgan fingerprint density at radius 2 is 2.33 bits per heavy atom. The highest BCUT2D eigenvalue weighted by Gasteiger charge is 2.28. The minimum Gasteiger partial charge on any atom is -0.396 e. The zero-order valence-corrected chi connectivity index (χ0v) is 9.11. The lowest BCUT2D eigenvalue weighted by molar-refractivity contribution is 0.200. The molecule has 0 bridgehead atoms. The number of aromatic nitrogens is 2. The Kier molecular flexibility index (Phi) is 2.67. The van der Waals surface area contributed by atoms with Crippen LogP contribution in [0.3, 0.4) is 0 Å². The van der Waals surface area contributed by atoms with Crippen LogP contribution in [0, 0.1) is 5.92 Å². The minimum atomic E-state index is -0.290. The van der Waals surface area contributed by atoms with E-state index in [1.165, 1.54) is 4.68 Å². The number of hydrogen-bond donors (Lipinski definition) is 1. The van der Waals surface area contributed by atoms with Gasteiger partial charge in [0.1, 0.15) is 5.02 Å². The topological polar surface area (TPSA) is 58.4 Å². The van der Waals surface area contributed by atoms with Gasteiger partial charge in [0.25, 0.3) is 5.56 Å². The van der Waals surface area contributed by atoms with Crippen LogP contribution in [-0.4, -0.2) is 34.6 Å². The second-order valence-electron chi connectivity index (χ2n) is 3.73. The van der Waals surface area contributed by atoms with Crippen molar-refractivity contribution in [1.82, 2.24) is 9.78 Å². The fourth-order valence-electron chi connectivity index (χ4n) is 1.60. The lowest BCUT2D eigenvalue weighted by Crippen LogP contribution is -2.49. The molecule has 0 aliphatic carbocycles. The molecule has 0 unspecified atom stereocenters. The smallest absolute Gasteiger partial charge is 0.287 e. The van der Waals surface area contributed by atoms with Gasteiger partial charge in [-0.3, -0.25) is 4.79 Å². The first kappa shape index (κ1) is 10.4. The quantitative estimate of drug-likeness (QED) is 0.767. The summed E-state index contributed by atoms with van der Waals surface area (Å²) in [5, 5.41) is 13.0. The summed E-state index contributed by atoms with van der Waals surface area (Å²) in [5.41, 5.74) is 0.367. The van der Waals surface area contributed by atoms with Crippen molar-refractivity contribution in [3.63, 3.8) is 0 Å². The highest BCUT2D eigenvalue weighted by atomic mass is 35.5. The van der Waals surface area contributed by atoms with E-state index in [-0.39, 0.29) is 23.1 Å². The molecule has 0 amide bonds. The molecule has 5 nitrogen and oxygen atoms in total. The maximum Gasteiger partial charge on any atom is 0.287 e. The van der Waals surface area contributed by atoms with E-state index in [4.69, 9.17) is 16.7 Å². The van der Waals surface area contributed by atoms with Crippen molar-refractivity contribution in [2.45, 2.75) is 0 Å². The van der Waals surface area contributed by atoms with Crippen LogP contribution in [0.1, 0.15) is 0 Å². The van der Waals surface area contributed by atoms with Crippen LogP contribution < -0.4 is 10.5 Å². The molecule has 1 aromatic rings. The molecule has 0 atom stereocenters. The van der Waals surface area contributed by atoms with Crippen LogP contribution >= 0.6 is 11.6 Å². The Morgan fingerprint density at radius 1 is 1.67 bits per heavy atom. The highest BCUT2D eigenvalue weighted by Crippen LogP contribution is 2.27. The molecule has 1 aromatic heterocycles. The number of aliphatic hydroxyl groups excluding tert-OH is 1. The van der Waals surface area contributed by atoms with Gasteiger partial charge in [0.15, 0.2) is 0 Å². The van der Waals surface area contributed by atoms with E-state index in [1.807, 2.05) is 4.90 Å². The molecular weight excluding hydrogens is 218 g/mol. The molecule has 1 saturated heterocycles. The van der Waals surface area contributed by atoms with E-state index in [9.17, 15) is 4.79 Å². The average Bonchev–Trinajstić information content (AvgIpc) is 2.16. The largest absolute Gasteiger partial charge is 0.396 e. The molecule has 15 heavy (non-hydrogen) atoms. The van der Waals surface area contributed by atoms with Crippen LogP contribution in [0.5, 0.6) is 0 Å². The molecule has 82 valence electrons. The van der Waals surface area contributed by atoms with Gasteiger partial charge in [-0.15, -0.1) is 0 Å². The molecule has 0 saturated carbocycles. The van der Waals surface area contributed by atoms with Crippen molar-refractivity contribution in [3.05, 3.63) is 21.6 Å². The van der Waals surface area contributed by atoms with Crippen molar-refractivity contribution in [2.75, 3.05) is 24.6 Å². The predicted octanol–water partition coefficient (Wildman–Crippen LogP) is -0.138. The third-order valence-electron chi connectivity index (χ3n) is 2.62. The number of anilines is 1. The summed E-state index contributed by atoms with van der Waals surface area (Å²) in [6.07, 6.45) is 1.58. The molecule has 1 N–H and O–H groups in total. The third kappa shape index (κ3) is 1.72. The van der Waals surface area contributed by atoms with E-state index < -0.39 is 0 Å². The first-order chi connectivity index (χ1) is 7.13. The Morgan fingerprint density at radius 3 is 2.93 bits per heavy atom. The van der Waals surface area contributed by atoms with Crippen LogP contribution in [-0.2, 0) is 7.05 Å². The molecule has 2 rings (SSSR count). The number of halogens is 1. The van der Waals surface area contributed by atoms with E-state index in [0.717, 1.165) is 13.1 Å². The second kappa shape index (κ2) is 3.83. The van der Waals surface area contributed by atoms with E-state index in [0.29, 0.717) is 5.69 Å². The molecule has 0 spiro atoms. The second-order valence-corrected chi connectivity index (χ2v) is 4.10. The van der Waals surface area contributed by atoms with Gasteiger partial charge in [0, 0.05) is 32.7 Å². The van der Waals surface area contributed by atoms with Crippen molar-refractivity contribution < 1.29 is 5.11 Å². The lowest BCUT2D eigenvalue weighted by atomic mass is 10.0. The minimum absolute atomic E-state index is 0.173. The molecule has 2 heterocycles. The molecular formula is C9H12ClN3O2.